The van der Waals surface area contributed by atoms with Crippen LogP contribution in [-0.4, -0.2) is 5.78 Å². The van der Waals surface area contributed by atoms with Crippen LogP contribution in [-0.2, 0) is 11.0 Å². The lowest BCUT2D eigenvalue weighted by Crippen LogP contribution is -2.27. The highest BCUT2D eigenvalue weighted by molar-refractivity contribution is 6.31. The number of anilines is 2. The first kappa shape index (κ1) is 21.6. The molecule has 2 atom stereocenters. The predicted molar refractivity (Wildman–Crippen MR) is 123 cm³/mol. The first-order valence-electron chi connectivity index (χ1n) is 10.6. The molecule has 1 heterocycles. The zero-order chi connectivity index (χ0) is 23.2. The number of hydrogen-bond acceptors (Lipinski definition) is 3. The first-order valence-corrected chi connectivity index (χ1v) is 11.0. The van der Waals surface area contributed by atoms with Crippen LogP contribution in [0.1, 0.15) is 41.5 Å². The number of ketones is 1. The van der Waals surface area contributed by atoms with Gasteiger partial charge in [0.2, 0.25) is 0 Å². The molecule has 0 bridgehead atoms. The molecule has 0 fully saturated rings. The molecule has 0 saturated heterocycles. The molecule has 0 radical (unpaired) electrons. The van der Waals surface area contributed by atoms with Gasteiger partial charge >= 0.3 is 6.18 Å². The summed E-state index contributed by atoms with van der Waals surface area (Å²) in [5.41, 5.74) is 3.20. The Labute approximate surface area is 194 Å². The van der Waals surface area contributed by atoms with E-state index in [1.54, 1.807) is 12.1 Å². The number of fused-ring (bicyclic) bond motifs is 1. The van der Waals surface area contributed by atoms with Gasteiger partial charge in [0, 0.05) is 22.7 Å². The fourth-order valence-corrected chi connectivity index (χ4v) is 4.95. The Hall–Kier alpha value is -3.25. The lowest BCUT2D eigenvalue weighted by molar-refractivity contribution is -0.137. The molecule has 7 heteroatoms. The quantitative estimate of drug-likeness (QED) is 0.413. The third kappa shape index (κ3) is 4.11. The van der Waals surface area contributed by atoms with Gasteiger partial charge < -0.3 is 10.6 Å². The first-order chi connectivity index (χ1) is 15.8. The Morgan fingerprint density at radius 3 is 2.36 bits per heavy atom. The molecule has 2 N–H and O–H groups in total. The minimum Gasteiger partial charge on any atom is -0.372 e. The molecular weight excluding hydrogens is 449 g/mol. The molecule has 0 amide bonds. The molecule has 1 aliphatic carbocycles. The van der Waals surface area contributed by atoms with Crippen molar-refractivity contribution >= 4 is 28.8 Å². The van der Waals surface area contributed by atoms with Gasteiger partial charge in [-0.3, -0.25) is 4.79 Å². The third-order valence-corrected chi connectivity index (χ3v) is 6.55. The van der Waals surface area contributed by atoms with Gasteiger partial charge in [-0.2, -0.15) is 13.2 Å². The zero-order valence-corrected chi connectivity index (χ0v) is 18.2. The van der Waals surface area contributed by atoms with E-state index < -0.39 is 17.8 Å². The minimum atomic E-state index is -4.47. The van der Waals surface area contributed by atoms with E-state index in [9.17, 15) is 18.0 Å². The van der Waals surface area contributed by atoms with Gasteiger partial charge in [0.25, 0.3) is 0 Å². The van der Waals surface area contributed by atoms with Crippen LogP contribution in [0.2, 0.25) is 5.02 Å². The maximum Gasteiger partial charge on any atom is 0.416 e. The lowest BCUT2D eigenvalue weighted by Gasteiger charge is -2.30. The number of alkyl halides is 3. The van der Waals surface area contributed by atoms with Crippen molar-refractivity contribution in [2.75, 3.05) is 10.6 Å². The van der Waals surface area contributed by atoms with E-state index >= 15 is 0 Å². The van der Waals surface area contributed by atoms with Gasteiger partial charge in [-0.25, -0.2) is 0 Å². The van der Waals surface area contributed by atoms with E-state index in [0.29, 0.717) is 28.3 Å². The number of benzene rings is 3. The topological polar surface area (TPSA) is 41.1 Å². The fraction of sp³-hybridized carbons (Fsp3) is 0.192. The van der Waals surface area contributed by atoms with Gasteiger partial charge in [-0.05, 0) is 53.8 Å². The molecule has 3 nitrogen and oxygen atoms in total. The zero-order valence-electron chi connectivity index (χ0n) is 17.4. The number of para-hydroxylation sites is 2. The summed E-state index contributed by atoms with van der Waals surface area (Å²) in [6.45, 7) is 0. The van der Waals surface area contributed by atoms with Crippen molar-refractivity contribution in [3.05, 3.63) is 106 Å². The van der Waals surface area contributed by atoms with Crippen LogP contribution in [0.25, 0.3) is 0 Å². The number of hydrogen-bond donors (Lipinski definition) is 2. The third-order valence-electron chi connectivity index (χ3n) is 6.20. The number of allylic oxidation sites excluding steroid dienone is 1. The number of carbonyl (C=O) groups is 1. The summed E-state index contributed by atoms with van der Waals surface area (Å²) < 4.78 is 40.2. The second-order valence-electron chi connectivity index (χ2n) is 8.31. The normalized spacial score (nSPS) is 20.3. The molecule has 1 aliphatic heterocycles. The van der Waals surface area contributed by atoms with Gasteiger partial charge in [0.05, 0.1) is 23.0 Å². The SMILES string of the molecule is O=C1C[C@@H](c2ccccc2Cl)CC2=C1[C@@H](c1cccc(C(F)(F)F)c1)Nc1ccccc1N2. The van der Waals surface area contributed by atoms with Gasteiger partial charge in [-0.1, -0.05) is 54.1 Å². The molecule has 0 saturated carbocycles. The summed E-state index contributed by atoms with van der Waals surface area (Å²) in [4.78, 5) is 13.5. The second kappa shape index (κ2) is 8.27. The van der Waals surface area contributed by atoms with Crippen molar-refractivity contribution < 1.29 is 18.0 Å². The highest BCUT2D eigenvalue weighted by atomic mass is 35.5. The van der Waals surface area contributed by atoms with E-state index in [2.05, 4.69) is 10.6 Å². The number of rotatable bonds is 2. The van der Waals surface area contributed by atoms with Crippen LogP contribution in [0.15, 0.2) is 84.1 Å². The largest absolute Gasteiger partial charge is 0.416 e. The Kier molecular flexibility index (Phi) is 5.41. The van der Waals surface area contributed by atoms with Crippen molar-refractivity contribution in [2.45, 2.75) is 31.0 Å². The molecule has 168 valence electrons. The summed E-state index contributed by atoms with van der Waals surface area (Å²) >= 11 is 6.41. The molecule has 3 aromatic carbocycles. The summed E-state index contributed by atoms with van der Waals surface area (Å²) in [7, 11) is 0. The molecule has 0 spiro atoms. The smallest absolute Gasteiger partial charge is 0.372 e. The van der Waals surface area contributed by atoms with Gasteiger partial charge in [0.15, 0.2) is 5.78 Å². The van der Waals surface area contributed by atoms with Crippen LogP contribution < -0.4 is 10.6 Å². The summed E-state index contributed by atoms with van der Waals surface area (Å²) in [5.74, 6) is -0.235. The number of nitrogens with one attached hydrogen (secondary N) is 2. The van der Waals surface area contributed by atoms with Crippen molar-refractivity contribution in [3.63, 3.8) is 0 Å². The number of carbonyl (C=O) groups excluding carboxylic acids is 1. The molecule has 0 aromatic heterocycles. The maximum absolute atomic E-state index is 13.5. The molecule has 2 aliphatic rings. The van der Waals surface area contributed by atoms with E-state index in [-0.39, 0.29) is 18.1 Å². The Bertz CT molecular complexity index is 1270. The molecule has 33 heavy (non-hydrogen) atoms. The van der Waals surface area contributed by atoms with E-state index in [1.165, 1.54) is 6.07 Å². The minimum absolute atomic E-state index is 0.114. The van der Waals surface area contributed by atoms with E-state index in [4.69, 9.17) is 11.6 Å². The van der Waals surface area contributed by atoms with E-state index in [0.717, 1.165) is 29.1 Å². The molecular formula is C26H20ClF3N2O. The second-order valence-corrected chi connectivity index (χ2v) is 8.72. The predicted octanol–water partition coefficient (Wildman–Crippen LogP) is 7.34. The standard InChI is InChI=1S/C26H20ClF3N2O/c27-19-9-2-1-8-18(19)16-13-22-24(23(33)14-16)25(32-21-11-4-3-10-20(21)31-22)15-6-5-7-17(12-15)26(28,29)30/h1-12,16,25,31-32H,13-14H2/t16-,25+/m0/s1. The van der Waals surface area contributed by atoms with Gasteiger partial charge in [0.1, 0.15) is 0 Å². The molecule has 3 aromatic rings. The van der Waals surface area contributed by atoms with Crippen molar-refractivity contribution in [1.29, 1.82) is 0 Å². The van der Waals surface area contributed by atoms with Crippen LogP contribution >= 0.6 is 11.6 Å². The van der Waals surface area contributed by atoms with E-state index in [1.807, 2.05) is 42.5 Å². The van der Waals surface area contributed by atoms with Gasteiger partial charge in [-0.15, -0.1) is 0 Å². The molecule has 5 rings (SSSR count). The Balaban J connectivity index is 1.63. The monoisotopic (exact) mass is 468 g/mol. The van der Waals surface area contributed by atoms with Crippen LogP contribution in [0.3, 0.4) is 0 Å². The van der Waals surface area contributed by atoms with Crippen LogP contribution in [0, 0.1) is 0 Å². The highest BCUT2D eigenvalue weighted by Crippen LogP contribution is 2.45. The van der Waals surface area contributed by atoms with Crippen molar-refractivity contribution in [3.8, 4) is 0 Å². The van der Waals surface area contributed by atoms with Crippen LogP contribution in [0.4, 0.5) is 24.5 Å². The van der Waals surface area contributed by atoms with Crippen molar-refractivity contribution in [1.82, 2.24) is 0 Å². The Morgan fingerprint density at radius 2 is 1.61 bits per heavy atom. The average molecular weight is 469 g/mol. The summed E-state index contributed by atoms with van der Waals surface area (Å²) in [5, 5.41) is 7.30. The summed E-state index contributed by atoms with van der Waals surface area (Å²) in [6.07, 6.45) is -3.71. The number of halogens is 4. The summed E-state index contributed by atoms with van der Waals surface area (Å²) in [6, 6.07) is 19.3. The lowest BCUT2D eigenvalue weighted by atomic mass is 9.78. The van der Waals surface area contributed by atoms with Crippen LogP contribution in [0.5, 0.6) is 0 Å². The molecule has 0 unspecified atom stereocenters. The van der Waals surface area contributed by atoms with Crippen molar-refractivity contribution in [2.24, 2.45) is 0 Å². The maximum atomic E-state index is 13.5. The number of Topliss-reactive ketones (excluding diaryl/α,β-unsaturated/α-hetero) is 1. The Morgan fingerprint density at radius 1 is 0.879 bits per heavy atom. The fourth-order valence-electron chi connectivity index (χ4n) is 4.66. The highest BCUT2D eigenvalue weighted by Gasteiger charge is 2.37. The average Bonchev–Trinajstić information content (AvgIpc) is 2.96.